The molecule has 1 N–H and O–H groups in total. The van der Waals surface area contributed by atoms with E-state index in [9.17, 15) is 9.59 Å². The summed E-state index contributed by atoms with van der Waals surface area (Å²) in [5.41, 5.74) is 0.886. The number of nitrogens with zero attached hydrogens (tertiary/aromatic N) is 1. The lowest BCUT2D eigenvalue weighted by atomic mass is 10.2. The van der Waals surface area contributed by atoms with Crippen LogP contribution in [0.25, 0.3) is 0 Å². The van der Waals surface area contributed by atoms with Crippen molar-refractivity contribution < 1.29 is 9.59 Å². The lowest BCUT2D eigenvalue weighted by Crippen LogP contribution is -2.34. The average molecular weight is 272 g/mol. The summed E-state index contributed by atoms with van der Waals surface area (Å²) in [6, 6.07) is 9.57. The van der Waals surface area contributed by atoms with Crippen molar-refractivity contribution in [1.29, 1.82) is 0 Å². The summed E-state index contributed by atoms with van der Waals surface area (Å²) >= 11 is 0. The zero-order valence-electron chi connectivity index (χ0n) is 11.7. The van der Waals surface area contributed by atoms with Gasteiger partial charge in [-0.25, -0.2) is 0 Å². The van der Waals surface area contributed by atoms with Gasteiger partial charge < -0.3 is 10.2 Å². The Bertz CT molecular complexity index is 498. The highest BCUT2D eigenvalue weighted by Crippen LogP contribution is 2.40. The first kappa shape index (κ1) is 14.3. The fourth-order valence-corrected chi connectivity index (χ4v) is 2.34. The molecule has 1 saturated carbocycles. The lowest BCUT2D eigenvalue weighted by Gasteiger charge is -2.21. The van der Waals surface area contributed by atoms with Crippen molar-refractivity contribution in [3.63, 3.8) is 0 Å². The summed E-state index contributed by atoms with van der Waals surface area (Å²) in [4.78, 5) is 26.0. The summed E-state index contributed by atoms with van der Waals surface area (Å²) in [5.74, 6) is -0.370. The zero-order chi connectivity index (χ0) is 14.5. The molecule has 0 bridgehead atoms. The molecule has 0 radical (unpaired) electrons. The number of rotatable bonds is 6. The number of anilines is 1. The number of amides is 2. The van der Waals surface area contributed by atoms with E-state index >= 15 is 0 Å². The third-order valence-electron chi connectivity index (χ3n) is 3.52. The van der Waals surface area contributed by atoms with E-state index in [-0.39, 0.29) is 23.7 Å². The van der Waals surface area contributed by atoms with Gasteiger partial charge in [-0.1, -0.05) is 24.3 Å². The van der Waals surface area contributed by atoms with E-state index in [0.717, 1.165) is 5.69 Å². The topological polar surface area (TPSA) is 49.4 Å². The van der Waals surface area contributed by atoms with Gasteiger partial charge in [-0.15, -0.1) is 6.58 Å². The Morgan fingerprint density at radius 2 is 2.05 bits per heavy atom. The van der Waals surface area contributed by atoms with Gasteiger partial charge in [0.15, 0.2) is 0 Å². The molecule has 2 atom stereocenters. The van der Waals surface area contributed by atoms with Crippen LogP contribution in [0.3, 0.4) is 0 Å². The van der Waals surface area contributed by atoms with Gasteiger partial charge in [0.1, 0.15) is 0 Å². The van der Waals surface area contributed by atoms with Crippen molar-refractivity contribution in [2.75, 3.05) is 18.0 Å². The molecule has 0 heterocycles. The maximum atomic E-state index is 12.5. The lowest BCUT2D eigenvalue weighted by molar-refractivity contribution is -0.125. The normalized spacial score (nSPS) is 20.1. The van der Waals surface area contributed by atoms with Gasteiger partial charge in [-0.3, -0.25) is 9.59 Å². The second kappa shape index (κ2) is 6.37. The van der Waals surface area contributed by atoms with E-state index in [1.807, 2.05) is 37.3 Å². The molecule has 0 aliphatic heterocycles. The number of carbonyl (C=O) groups is 2. The van der Waals surface area contributed by atoms with Gasteiger partial charge in [-0.2, -0.15) is 0 Å². The highest BCUT2D eigenvalue weighted by Gasteiger charge is 2.49. The van der Waals surface area contributed by atoms with Crippen molar-refractivity contribution in [3.05, 3.63) is 43.0 Å². The summed E-state index contributed by atoms with van der Waals surface area (Å²) < 4.78 is 0. The number of hydrogen-bond donors (Lipinski definition) is 1. The summed E-state index contributed by atoms with van der Waals surface area (Å²) in [7, 11) is 0. The van der Waals surface area contributed by atoms with Crippen LogP contribution in [-0.2, 0) is 9.59 Å². The fourth-order valence-electron chi connectivity index (χ4n) is 2.34. The van der Waals surface area contributed by atoms with E-state index in [1.165, 1.54) is 0 Å². The van der Waals surface area contributed by atoms with Crippen LogP contribution >= 0.6 is 0 Å². The summed E-state index contributed by atoms with van der Waals surface area (Å²) in [5, 5.41) is 2.75. The SMILES string of the molecule is C=CCNC(=O)C1CC1C(=O)N(CC)c1ccccc1. The highest BCUT2D eigenvalue weighted by atomic mass is 16.2. The minimum absolute atomic E-state index is 0.0393. The van der Waals surface area contributed by atoms with Crippen LogP contribution in [0.4, 0.5) is 5.69 Å². The van der Waals surface area contributed by atoms with Gasteiger partial charge in [0.05, 0.1) is 11.8 Å². The minimum atomic E-state index is -0.181. The van der Waals surface area contributed by atoms with Gasteiger partial charge in [0, 0.05) is 18.8 Å². The van der Waals surface area contributed by atoms with E-state index < -0.39 is 0 Å². The van der Waals surface area contributed by atoms with E-state index in [0.29, 0.717) is 19.5 Å². The molecule has 1 fully saturated rings. The van der Waals surface area contributed by atoms with Gasteiger partial charge >= 0.3 is 0 Å². The van der Waals surface area contributed by atoms with Gasteiger partial charge in [-0.05, 0) is 25.5 Å². The zero-order valence-corrected chi connectivity index (χ0v) is 11.7. The number of benzene rings is 1. The third kappa shape index (κ3) is 3.07. The Morgan fingerprint density at radius 3 is 2.65 bits per heavy atom. The highest BCUT2D eigenvalue weighted by molar-refractivity contribution is 6.01. The van der Waals surface area contributed by atoms with Crippen molar-refractivity contribution in [3.8, 4) is 0 Å². The van der Waals surface area contributed by atoms with Crippen LogP contribution in [0.2, 0.25) is 0 Å². The first-order valence-electron chi connectivity index (χ1n) is 6.94. The Morgan fingerprint density at radius 1 is 1.35 bits per heavy atom. The molecule has 4 heteroatoms. The van der Waals surface area contributed by atoms with Crippen LogP contribution in [0.5, 0.6) is 0 Å². The Balaban J connectivity index is 1.98. The molecular weight excluding hydrogens is 252 g/mol. The molecule has 2 unspecified atom stereocenters. The average Bonchev–Trinajstić information content (AvgIpc) is 3.27. The van der Waals surface area contributed by atoms with Crippen LogP contribution in [0.1, 0.15) is 13.3 Å². The Labute approximate surface area is 119 Å². The molecule has 4 nitrogen and oxygen atoms in total. The molecule has 1 aromatic rings. The molecule has 0 aromatic heterocycles. The van der Waals surface area contributed by atoms with Crippen molar-refractivity contribution in [1.82, 2.24) is 5.32 Å². The molecule has 1 aliphatic carbocycles. The van der Waals surface area contributed by atoms with Crippen molar-refractivity contribution in [2.45, 2.75) is 13.3 Å². The molecule has 2 amide bonds. The van der Waals surface area contributed by atoms with Crippen LogP contribution < -0.4 is 10.2 Å². The third-order valence-corrected chi connectivity index (χ3v) is 3.52. The van der Waals surface area contributed by atoms with Crippen LogP contribution in [-0.4, -0.2) is 24.9 Å². The van der Waals surface area contributed by atoms with Crippen LogP contribution in [0, 0.1) is 11.8 Å². The molecule has 0 spiro atoms. The molecule has 0 saturated heterocycles. The second-order valence-corrected chi connectivity index (χ2v) is 4.90. The Kier molecular flexibility index (Phi) is 4.56. The van der Waals surface area contributed by atoms with Crippen LogP contribution in [0.15, 0.2) is 43.0 Å². The quantitative estimate of drug-likeness (QED) is 0.805. The maximum absolute atomic E-state index is 12.5. The number of nitrogens with one attached hydrogen (secondary N) is 1. The Hall–Kier alpha value is -2.10. The first-order valence-corrected chi connectivity index (χ1v) is 6.94. The molecule has 20 heavy (non-hydrogen) atoms. The minimum Gasteiger partial charge on any atom is -0.352 e. The number of carbonyl (C=O) groups excluding carboxylic acids is 2. The van der Waals surface area contributed by atoms with Crippen molar-refractivity contribution in [2.24, 2.45) is 11.8 Å². The number of para-hydroxylation sites is 1. The first-order chi connectivity index (χ1) is 9.69. The van der Waals surface area contributed by atoms with Gasteiger partial charge in [0.2, 0.25) is 11.8 Å². The fraction of sp³-hybridized carbons (Fsp3) is 0.375. The summed E-state index contributed by atoms with van der Waals surface area (Å²) in [6.45, 7) is 6.56. The molecular formula is C16H20N2O2. The van der Waals surface area contributed by atoms with Crippen molar-refractivity contribution >= 4 is 17.5 Å². The molecule has 1 aromatic carbocycles. The smallest absolute Gasteiger partial charge is 0.230 e. The molecule has 2 rings (SSSR count). The molecule has 106 valence electrons. The summed E-state index contributed by atoms with van der Waals surface area (Å²) in [6.07, 6.45) is 2.28. The largest absolute Gasteiger partial charge is 0.352 e. The number of hydrogen-bond acceptors (Lipinski definition) is 2. The monoisotopic (exact) mass is 272 g/mol. The molecule has 1 aliphatic rings. The predicted molar refractivity (Wildman–Crippen MR) is 79.3 cm³/mol. The van der Waals surface area contributed by atoms with E-state index in [4.69, 9.17) is 0 Å². The standard InChI is InChI=1S/C16H20N2O2/c1-3-10-17-15(19)13-11-14(13)16(20)18(4-2)12-8-6-5-7-9-12/h3,5-9,13-14H,1,4,10-11H2,2H3,(H,17,19). The maximum Gasteiger partial charge on any atom is 0.230 e. The van der Waals surface area contributed by atoms with Gasteiger partial charge in [0.25, 0.3) is 0 Å². The second-order valence-electron chi connectivity index (χ2n) is 4.90. The predicted octanol–water partition coefficient (Wildman–Crippen LogP) is 1.98. The van der Waals surface area contributed by atoms with E-state index in [2.05, 4.69) is 11.9 Å². The van der Waals surface area contributed by atoms with E-state index in [1.54, 1.807) is 11.0 Å².